The second kappa shape index (κ2) is 14.1. The summed E-state index contributed by atoms with van der Waals surface area (Å²) in [4.78, 5) is 19.7. The molecule has 0 saturated carbocycles. The monoisotopic (exact) mass is 781 g/mol. The highest BCUT2D eigenvalue weighted by atomic mass is 15.2. The van der Waals surface area contributed by atoms with Crippen LogP contribution in [0, 0.1) is 0 Å². The zero-order chi connectivity index (χ0) is 40.3. The Labute approximate surface area is 351 Å². The Kier molecular flexibility index (Phi) is 8.03. The molecule has 0 radical (unpaired) electrons. The first kappa shape index (κ1) is 34.6. The van der Waals surface area contributed by atoms with Crippen LogP contribution >= 0.6 is 0 Å². The number of hydrogen-bond acceptors (Lipinski definition) is 4. The molecule has 0 aliphatic rings. The van der Waals surface area contributed by atoms with E-state index in [2.05, 4.69) is 153 Å². The van der Waals surface area contributed by atoms with Gasteiger partial charge in [-0.1, -0.05) is 127 Å². The van der Waals surface area contributed by atoms with Gasteiger partial charge in [0.05, 0.1) is 22.1 Å². The van der Waals surface area contributed by atoms with Crippen molar-refractivity contribution < 1.29 is 0 Å². The zero-order valence-corrected chi connectivity index (χ0v) is 32.8. The fourth-order valence-corrected chi connectivity index (χ4v) is 8.75. The minimum Gasteiger partial charge on any atom is -0.309 e. The van der Waals surface area contributed by atoms with Gasteiger partial charge in [0.2, 0.25) is 5.95 Å². The van der Waals surface area contributed by atoms with E-state index >= 15 is 0 Å². The Bertz CT molecular complexity index is 3510. The van der Waals surface area contributed by atoms with Crippen molar-refractivity contribution in [1.82, 2.24) is 33.6 Å². The lowest BCUT2D eigenvalue weighted by Crippen LogP contribution is -2.05. The summed E-state index contributed by atoms with van der Waals surface area (Å²) in [6, 6.07) is 70.0. The van der Waals surface area contributed by atoms with Crippen molar-refractivity contribution in [2.24, 2.45) is 0 Å². The molecule has 12 rings (SSSR count). The molecule has 0 saturated heterocycles. The van der Waals surface area contributed by atoms with Gasteiger partial charge in [0.25, 0.3) is 0 Å². The van der Waals surface area contributed by atoms with E-state index in [0.717, 1.165) is 50.6 Å². The Morgan fingerprint density at radius 3 is 1.30 bits per heavy atom. The summed E-state index contributed by atoms with van der Waals surface area (Å²) < 4.78 is 6.76. The lowest BCUT2D eigenvalue weighted by Gasteiger charge is -2.12. The van der Waals surface area contributed by atoms with E-state index < -0.39 is 0 Å². The third-order valence-corrected chi connectivity index (χ3v) is 11.6. The van der Waals surface area contributed by atoms with Crippen LogP contribution in [0.3, 0.4) is 0 Å². The second-order valence-corrected chi connectivity index (χ2v) is 15.2. The standard InChI is InChI=1S/C54H35N7/c1-4-14-36(15-5-1)51-56-52(37-16-6-2-7-17-37)58-53(57-51)38-24-28-41(29-25-38)59-33-32-55-54(59)61-48-23-13-11-21-44(48)46-35-40(27-31-50(46)61)39-26-30-49-45(34-39)43-20-10-12-22-47(43)60(49)42-18-8-3-9-19-42/h1-35H. The molecule has 0 aliphatic heterocycles. The number of imidazole rings is 1. The zero-order valence-electron chi connectivity index (χ0n) is 32.8. The van der Waals surface area contributed by atoms with Gasteiger partial charge in [-0.3, -0.25) is 9.13 Å². The first-order valence-electron chi connectivity index (χ1n) is 20.4. The summed E-state index contributed by atoms with van der Waals surface area (Å²) in [5, 5.41) is 4.81. The SMILES string of the molecule is c1ccc(-c2nc(-c3ccccc3)nc(-c3ccc(-n4ccnc4-n4c5ccccc5c5cc(-c6ccc7c(c6)c6ccccc6n7-c6ccccc6)ccc54)cc3)n2)cc1. The molecular formula is C54H35N7. The smallest absolute Gasteiger partial charge is 0.219 e. The van der Waals surface area contributed by atoms with E-state index in [-0.39, 0.29) is 0 Å². The third kappa shape index (κ3) is 5.82. The number of fused-ring (bicyclic) bond motifs is 6. The highest BCUT2D eigenvalue weighted by Crippen LogP contribution is 2.38. The number of hydrogen-bond donors (Lipinski definition) is 0. The molecule has 0 unspecified atom stereocenters. The Morgan fingerprint density at radius 2 is 0.738 bits per heavy atom. The van der Waals surface area contributed by atoms with Crippen molar-refractivity contribution in [1.29, 1.82) is 0 Å². The van der Waals surface area contributed by atoms with Gasteiger partial charge < -0.3 is 4.57 Å². The number of benzene rings is 8. The van der Waals surface area contributed by atoms with Gasteiger partial charge in [-0.2, -0.15) is 0 Å². The maximum Gasteiger partial charge on any atom is 0.219 e. The summed E-state index contributed by atoms with van der Waals surface area (Å²) in [6.45, 7) is 0. The molecule has 12 aromatic rings. The Morgan fingerprint density at radius 1 is 0.311 bits per heavy atom. The minimum absolute atomic E-state index is 0.615. The summed E-state index contributed by atoms with van der Waals surface area (Å²) in [5.74, 6) is 2.69. The molecule has 8 aromatic carbocycles. The summed E-state index contributed by atoms with van der Waals surface area (Å²) in [7, 11) is 0. The second-order valence-electron chi connectivity index (χ2n) is 15.2. The topological polar surface area (TPSA) is 66.3 Å². The van der Waals surface area contributed by atoms with Crippen LogP contribution in [-0.4, -0.2) is 33.6 Å². The Balaban J connectivity index is 0.938. The highest BCUT2D eigenvalue weighted by Gasteiger charge is 2.19. The fourth-order valence-electron chi connectivity index (χ4n) is 8.75. The van der Waals surface area contributed by atoms with Gasteiger partial charge in [0, 0.05) is 62.0 Å². The maximum atomic E-state index is 4.97. The van der Waals surface area contributed by atoms with Gasteiger partial charge >= 0.3 is 0 Å². The van der Waals surface area contributed by atoms with Crippen molar-refractivity contribution in [3.8, 4) is 62.6 Å². The number of aromatic nitrogens is 7. The van der Waals surface area contributed by atoms with Crippen molar-refractivity contribution in [3.05, 3.63) is 213 Å². The van der Waals surface area contributed by atoms with Gasteiger partial charge in [-0.15, -0.1) is 0 Å². The molecule has 0 N–H and O–H groups in total. The van der Waals surface area contributed by atoms with Gasteiger partial charge in [-0.25, -0.2) is 19.9 Å². The van der Waals surface area contributed by atoms with E-state index in [0.29, 0.717) is 17.5 Å². The van der Waals surface area contributed by atoms with Crippen LogP contribution < -0.4 is 0 Å². The summed E-state index contributed by atoms with van der Waals surface area (Å²) >= 11 is 0. The lowest BCUT2D eigenvalue weighted by molar-refractivity contribution is 0.937. The molecule has 0 fully saturated rings. The molecule has 286 valence electrons. The van der Waals surface area contributed by atoms with Crippen LogP contribution in [0.25, 0.3) is 106 Å². The average Bonchev–Trinajstić information content (AvgIpc) is 4.04. The van der Waals surface area contributed by atoms with Crippen LogP contribution in [-0.2, 0) is 0 Å². The van der Waals surface area contributed by atoms with E-state index in [1.54, 1.807) is 0 Å². The molecular weight excluding hydrogens is 747 g/mol. The van der Waals surface area contributed by atoms with Crippen molar-refractivity contribution >= 4 is 43.6 Å². The van der Waals surface area contributed by atoms with Gasteiger partial charge in [-0.05, 0) is 83.9 Å². The molecule has 0 atom stereocenters. The van der Waals surface area contributed by atoms with Gasteiger partial charge in [0.15, 0.2) is 17.5 Å². The Hall–Kier alpha value is -8.42. The predicted octanol–water partition coefficient (Wildman–Crippen LogP) is 12.9. The third-order valence-electron chi connectivity index (χ3n) is 11.6. The number of nitrogens with zero attached hydrogens (tertiary/aromatic N) is 7. The summed E-state index contributed by atoms with van der Waals surface area (Å²) in [6.07, 6.45) is 3.88. The van der Waals surface area contributed by atoms with E-state index in [1.165, 1.54) is 38.1 Å². The lowest BCUT2D eigenvalue weighted by atomic mass is 10.0. The van der Waals surface area contributed by atoms with Crippen LogP contribution in [0.1, 0.15) is 0 Å². The molecule has 0 aliphatic carbocycles. The van der Waals surface area contributed by atoms with Crippen molar-refractivity contribution in [2.45, 2.75) is 0 Å². The molecule has 61 heavy (non-hydrogen) atoms. The normalized spacial score (nSPS) is 11.6. The van der Waals surface area contributed by atoms with E-state index in [9.17, 15) is 0 Å². The number of para-hydroxylation sites is 3. The van der Waals surface area contributed by atoms with E-state index in [4.69, 9.17) is 19.9 Å². The maximum absolute atomic E-state index is 4.97. The molecule has 7 heteroatoms. The van der Waals surface area contributed by atoms with Crippen molar-refractivity contribution in [3.63, 3.8) is 0 Å². The molecule has 0 amide bonds. The largest absolute Gasteiger partial charge is 0.309 e. The van der Waals surface area contributed by atoms with Crippen LogP contribution in [0.15, 0.2) is 213 Å². The highest BCUT2D eigenvalue weighted by molar-refractivity contribution is 6.12. The fraction of sp³-hybridized carbons (Fsp3) is 0. The predicted molar refractivity (Wildman–Crippen MR) is 247 cm³/mol. The molecule has 4 heterocycles. The first-order valence-corrected chi connectivity index (χ1v) is 20.4. The van der Waals surface area contributed by atoms with Crippen LogP contribution in [0.5, 0.6) is 0 Å². The summed E-state index contributed by atoms with van der Waals surface area (Å²) in [5.41, 5.74) is 11.8. The number of rotatable bonds is 7. The molecule has 0 bridgehead atoms. The van der Waals surface area contributed by atoms with Gasteiger partial charge in [0.1, 0.15) is 0 Å². The molecule has 4 aromatic heterocycles. The first-order chi connectivity index (χ1) is 30.2. The van der Waals surface area contributed by atoms with Crippen molar-refractivity contribution in [2.75, 3.05) is 0 Å². The minimum atomic E-state index is 0.615. The molecule has 0 spiro atoms. The van der Waals surface area contributed by atoms with E-state index in [1.807, 2.05) is 73.1 Å². The average molecular weight is 782 g/mol. The van der Waals surface area contributed by atoms with Crippen LogP contribution in [0.4, 0.5) is 0 Å². The quantitative estimate of drug-likeness (QED) is 0.161. The van der Waals surface area contributed by atoms with Crippen LogP contribution in [0.2, 0.25) is 0 Å². The molecule has 7 nitrogen and oxygen atoms in total.